The smallest absolute Gasteiger partial charge is 0.269 e. The van der Waals surface area contributed by atoms with Gasteiger partial charge in [-0.3, -0.25) is 9.78 Å². The molecule has 3 heterocycles. The van der Waals surface area contributed by atoms with Crippen LogP contribution >= 0.6 is 15.9 Å². The first-order valence-electron chi connectivity index (χ1n) is 8.95. The van der Waals surface area contributed by atoms with Crippen LogP contribution in [0.1, 0.15) is 28.9 Å². The van der Waals surface area contributed by atoms with E-state index < -0.39 is 15.9 Å². The quantitative estimate of drug-likeness (QED) is 0.608. The van der Waals surface area contributed by atoms with E-state index in [0.29, 0.717) is 24.0 Å². The molecule has 1 aliphatic heterocycles. The summed E-state index contributed by atoms with van der Waals surface area (Å²) < 4.78 is 28.9. The first-order chi connectivity index (χ1) is 13.5. The molecule has 0 atom stereocenters. The molecule has 0 bridgehead atoms. The Balaban J connectivity index is 1.76. The number of pyridine rings is 1. The number of aromatic amines is 1. The summed E-state index contributed by atoms with van der Waals surface area (Å²) in [6.07, 6.45) is 4.94. The van der Waals surface area contributed by atoms with E-state index in [2.05, 4.69) is 31.2 Å². The standard InChI is InChI=1S/C19H19BrN4O3S/c20-14-3-4-16-15(11-14)18(28(26,27)24-9-1-2-10-24)17(23-16)19(25)22-12-13-5-7-21-8-6-13/h3-8,11,23H,1-2,9-10,12H2,(H,22,25). The van der Waals surface area contributed by atoms with Crippen molar-refractivity contribution < 1.29 is 13.2 Å². The second-order valence-electron chi connectivity index (χ2n) is 6.67. The molecule has 146 valence electrons. The lowest BCUT2D eigenvalue weighted by Gasteiger charge is -2.16. The number of carbonyl (C=O) groups is 1. The summed E-state index contributed by atoms with van der Waals surface area (Å²) in [7, 11) is -3.79. The average molecular weight is 463 g/mol. The highest BCUT2D eigenvalue weighted by molar-refractivity contribution is 9.10. The molecule has 0 aliphatic carbocycles. The maximum atomic E-state index is 13.3. The predicted molar refractivity (Wildman–Crippen MR) is 109 cm³/mol. The molecule has 3 aromatic rings. The second kappa shape index (κ2) is 7.65. The zero-order chi connectivity index (χ0) is 19.7. The molecule has 0 spiro atoms. The first kappa shape index (κ1) is 19.1. The first-order valence-corrected chi connectivity index (χ1v) is 11.2. The van der Waals surface area contributed by atoms with Crippen LogP contribution in [0.5, 0.6) is 0 Å². The number of fused-ring (bicyclic) bond motifs is 1. The van der Waals surface area contributed by atoms with Crippen LogP contribution in [0, 0.1) is 0 Å². The third-order valence-corrected chi connectivity index (χ3v) is 7.28. The lowest BCUT2D eigenvalue weighted by atomic mass is 10.2. The molecule has 1 aromatic carbocycles. The van der Waals surface area contributed by atoms with Crippen LogP contribution in [0.2, 0.25) is 0 Å². The van der Waals surface area contributed by atoms with Gasteiger partial charge in [-0.15, -0.1) is 0 Å². The third kappa shape index (κ3) is 3.57. The minimum atomic E-state index is -3.79. The van der Waals surface area contributed by atoms with Gasteiger partial charge >= 0.3 is 0 Å². The maximum absolute atomic E-state index is 13.3. The number of sulfonamides is 1. The van der Waals surface area contributed by atoms with Gasteiger partial charge in [0.25, 0.3) is 5.91 Å². The Kier molecular flexibility index (Phi) is 5.22. The van der Waals surface area contributed by atoms with E-state index in [1.165, 1.54) is 4.31 Å². The summed E-state index contributed by atoms with van der Waals surface area (Å²) in [6, 6.07) is 8.90. The van der Waals surface area contributed by atoms with Gasteiger partial charge in [0.2, 0.25) is 10.0 Å². The largest absolute Gasteiger partial charge is 0.349 e. The number of rotatable bonds is 5. The number of hydrogen-bond acceptors (Lipinski definition) is 4. The van der Waals surface area contributed by atoms with Gasteiger partial charge in [0, 0.05) is 47.4 Å². The zero-order valence-electron chi connectivity index (χ0n) is 15.0. The van der Waals surface area contributed by atoms with E-state index in [4.69, 9.17) is 0 Å². The van der Waals surface area contributed by atoms with Gasteiger partial charge in [0.1, 0.15) is 10.6 Å². The topological polar surface area (TPSA) is 95.2 Å². The highest BCUT2D eigenvalue weighted by atomic mass is 79.9. The summed E-state index contributed by atoms with van der Waals surface area (Å²) in [6.45, 7) is 1.23. The fraction of sp³-hybridized carbons (Fsp3) is 0.263. The zero-order valence-corrected chi connectivity index (χ0v) is 17.4. The van der Waals surface area contributed by atoms with Crippen molar-refractivity contribution in [2.24, 2.45) is 0 Å². The van der Waals surface area contributed by atoms with Crippen molar-refractivity contribution in [1.29, 1.82) is 0 Å². The molecule has 2 N–H and O–H groups in total. The highest BCUT2D eigenvalue weighted by Crippen LogP contribution is 2.33. The summed E-state index contributed by atoms with van der Waals surface area (Å²) in [5.74, 6) is -0.457. The summed E-state index contributed by atoms with van der Waals surface area (Å²) in [5.41, 5.74) is 1.55. The van der Waals surface area contributed by atoms with Crippen molar-refractivity contribution in [3.8, 4) is 0 Å². The predicted octanol–water partition coefficient (Wildman–Crippen LogP) is 3.04. The number of benzene rings is 1. The maximum Gasteiger partial charge on any atom is 0.269 e. The van der Waals surface area contributed by atoms with Crippen LogP contribution in [0.25, 0.3) is 10.9 Å². The number of amides is 1. The Bertz CT molecular complexity index is 1120. The number of aromatic nitrogens is 2. The molecular weight excluding hydrogens is 444 g/mol. The normalized spacial score (nSPS) is 15.2. The van der Waals surface area contributed by atoms with Crippen molar-refractivity contribution in [3.63, 3.8) is 0 Å². The van der Waals surface area contributed by atoms with E-state index >= 15 is 0 Å². The number of halogens is 1. The Morgan fingerprint density at radius 2 is 1.89 bits per heavy atom. The van der Waals surface area contributed by atoms with Crippen LogP contribution < -0.4 is 5.32 Å². The molecule has 2 aromatic heterocycles. The average Bonchev–Trinajstić information content (AvgIpc) is 3.35. The molecular formula is C19H19BrN4O3S. The Hall–Kier alpha value is -2.23. The number of carbonyl (C=O) groups excluding carboxylic acids is 1. The molecule has 28 heavy (non-hydrogen) atoms. The molecule has 1 amide bonds. The summed E-state index contributed by atoms with van der Waals surface area (Å²) >= 11 is 3.40. The van der Waals surface area contributed by atoms with Gasteiger partial charge in [-0.05, 0) is 48.7 Å². The fourth-order valence-corrected chi connectivity index (χ4v) is 5.60. The molecule has 4 rings (SSSR count). The molecule has 0 saturated carbocycles. The van der Waals surface area contributed by atoms with Crippen LogP contribution in [0.4, 0.5) is 0 Å². The molecule has 1 fully saturated rings. The van der Waals surface area contributed by atoms with Crippen LogP contribution in [0.15, 0.2) is 52.1 Å². The number of H-pyrrole nitrogens is 1. The molecule has 9 heteroatoms. The third-order valence-electron chi connectivity index (χ3n) is 4.81. The van der Waals surface area contributed by atoms with Gasteiger partial charge in [0.05, 0.1) is 0 Å². The minimum absolute atomic E-state index is 0.0397. The molecule has 7 nitrogen and oxygen atoms in total. The van der Waals surface area contributed by atoms with Gasteiger partial charge in [-0.1, -0.05) is 15.9 Å². The van der Waals surface area contributed by atoms with Gasteiger partial charge < -0.3 is 10.3 Å². The summed E-state index contributed by atoms with van der Waals surface area (Å²) in [5, 5.41) is 3.31. The van der Waals surface area contributed by atoms with Gasteiger partial charge in [0.15, 0.2) is 0 Å². The molecule has 0 radical (unpaired) electrons. The van der Waals surface area contributed by atoms with Crippen molar-refractivity contribution in [2.45, 2.75) is 24.3 Å². The van der Waals surface area contributed by atoms with E-state index in [-0.39, 0.29) is 17.1 Å². The SMILES string of the molecule is O=C(NCc1ccncc1)c1[nH]c2ccc(Br)cc2c1S(=O)(=O)N1CCCC1. The van der Waals surface area contributed by atoms with E-state index in [0.717, 1.165) is 22.9 Å². The number of hydrogen-bond donors (Lipinski definition) is 2. The van der Waals surface area contributed by atoms with E-state index in [9.17, 15) is 13.2 Å². The van der Waals surface area contributed by atoms with Crippen LogP contribution in [-0.4, -0.2) is 41.7 Å². The van der Waals surface area contributed by atoms with Gasteiger partial charge in [-0.2, -0.15) is 4.31 Å². The van der Waals surface area contributed by atoms with Gasteiger partial charge in [-0.25, -0.2) is 8.42 Å². The molecule has 0 unspecified atom stereocenters. The highest BCUT2D eigenvalue weighted by Gasteiger charge is 2.34. The van der Waals surface area contributed by atoms with Crippen LogP contribution in [0.3, 0.4) is 0 Å². The molecule has 1 aliphatic rings. The Labute approximate surface area is 171 Å². The van der Waals surface area contributed by atoms with Crippen LogP contribution in [-0.2, 0) is 16.6 Å². The lowest BCUT2D eigenvalue weighted by molar-refractivity contribution is 0.0943. The van der Waals surface area contributed by atoms with Crippen molar-refractivity contribution >= 4 is 42.8 Å². The number of nitrogens with one attached hydrogen (secondary N) is 2. The number of nitrogens with zero attached hydrogens (tertiary/aromatic N) is 2. The van der Waals surface area contributed by atoms with E-state index in [1.807, 2.05) is 6.07 Å². The fourth-order valence-electron chi connectivity index (χ4n) is 3.40. The van der Waals surface area contributed by atoms with Crippen molar-refractivity contribution in [3.05, 3.63) is 58.5 Å². The molecule has 1 saturated heterocycles. The van der Waals surface area contributed by atoms with Crippen molar-refractivity contribution in [1.82, 2.24) is 19.6 Å². The monoisotopic (exact) mass is 462 g/mol. The Morgan fingerprint density at radius 3 is 2.61 bits per heavy atom. The minimum Gasteiger partial charge on any atom is -0.349 e. The van der Waals surface area contributed by atoms with Crippen molar-refractivity contribution in [2.75, 3.05) is 13.1 Å². The Morgan fingerprint density at radius 1 is 1.18 bits per heavy atom. The summed E-state index contributed by atoms with van der Waals surface area (Å²) in [4.78, 5) is 19.9. The second-order valence-corrected chi connectivity index (χ2v) is 9.46. The lowest BCUT2D eigenvalue weighted by Crippen LogP contribution is -2.31. The van der Waals surface area contributed by atoms with E-state index in [1.54, 1.807) is 36.7 Å².